The molecule has 0 unspecified atom stereocenters. The van der Waals surface area contributed by atoms with Gasteiger partial charge in [-0.15, -0.1) is 0 Å². The summed E-state index contributed by atoms with van der Waals surface area (Å²) < 4.78 is 11.7. The van der Waals surface area contributed by atoms with Gasteiger partial charge in [-0.3, -0.25) is 0 Å². The Labute approximate surface area is 149 Å². The number of rotatable bonds is 7. The van der Waals surface area contributed by atoms with E-state index < -0.39 is 0 Å². The lowest BCUT2D eigenvalue weighted by molar-refractivity contribution is 0.216. The van der Waals surface area contributed by atoms with Crippen LogP contribution < -0.4 is 15.2 Å². The normalized spacial score (nSPS) is 11.0. The van der Waals surface area contributed by atoms with E-state index in [2.05, 4.69) is 44.2 Å². The van der Waals surface area contributed by atoms with Crippen LogP contribution in [0.15, 0.2) is 60.7 Å². The van der Waals surface area contributed by atoms with Crippen molar-refractivity contribution in [1.29, 1.82) is 0 Å². The first-order valence-electron chi connectivity index (χ1n) is 8.75. The van der Waals surface area contributed by atoms with E-state index in [0.29, 0.717) is 25.7 Å². The molecule has 3 rings (SSSR count). The third kappa shape index (κ3) is 4.12. The Hall–Kier alpha value is -2.52. The average Bonchev–Trinajstić information content (AvgIpc) is 2.65. The van der Waals surface area contributed by atoms with E-state index in [1.54, 1.807) is 0 Å². The molecule has 130 valence electrons. The van der Waals surface area contributed by atoms with Crippen LogP contribution in [0.25, 0.3) is 10.8 Å². The summed E-state index contributed by atoms with van der Waals surface area (Å²) in [4.78, 5) is 0. The molecule has 0 heterocycles. The average molecular weight is 335 g/mol. The monoisotopic (exact) mass is 335 g/mol. The Morgan fingerprint density at radius 1 is 0.840 bits per heavy atom. The third-order valence-corrected chi connectivity index (χ3v) is 4.36. The van der Waals surface area contributed by atoms with Crippen LogP contribution in [-0.4, -0.2) is 13.2 Å². The van der Waals surface area contributed by atoms with Crippen molar-refractivity contribution in [3.05, 3.63) is 71.8 Å². The minimum atomic E-state index is 0.453. The molecule has 0 aliphatic heterocycles. The highest BCUT2D eigenvalue weighted by atomic mass is 16.5. The van der Waals surface area contributed by atoms with Gasteiger partial charge in [-0.25, -0.2) is 0 Å². The van der Waals surface area contributed by atoms with E-state index in [9.17, 15) is 0 Å². The van der Waals surface area contributed by atoms with Crippen molar-refractivity contribution in [3.63, 3.8) is 0 Å². The van der Waals surface area contributed by atoms with Crippen molar-refractivity contribution in [2.75, 3.05) is 13.2 Å². The van der Waals surface area contributed by atoms with Crippen LogP contribution in [0.1, 0.15) is 30.9 Å². The summed E-state index contributed by atoms with van der Waals surface area (Å²) in [5.74, 6) is 2.23. The first-order valence-corrected chi connectivity index (χ1v) is 8.75. The van der Waals surface area contributed by atoms with Crippen molar-refractivity contribution in [2.24, 2.45) is 5.73 Å². The van der Waals surface area contributed by atoms with Gasteiger partial charge in [-0.2, -0.15) is 0 Å². The van der Waals surface area contributed by atoms with Crippen molar-refractivity contribution >= 4 is 10.8 Å². The molecule has 0 aromatic heterocycles. The second kappa shape index (κ2) is 8.04. The molecule has 25 heavy (non-hydrogen) atoms. The summed E-state index contributed by atoms with van der Waals surface area (Å²) in [7, 11) is 0. The summed E-state index contributed by atoms with van der Waals surface area (Å²) in [6, 6.07) is 20.5. The molecule has 0 aliphatic carbocycles. The molecule has 3 heteroatoms. The third-order valence-electron chi connectivity index (χ3n) is 4.36. The minimum absolute atomic E-state index is 0.453. The number of ether oxygens (including phenoxy) is 2. The standard InChI is InChI=1S/C22H25NO2/c1-16(2)17-7-10-19(11-8-17)24-13-14-25-22-12-9-18-5-3-4-6-20(18)21(22)15-23/h3-12,16H,13-15,23H2,1-2H3. The van der Waals surface area contributed by atoms with Crippen molar-refractivity contribution in [1.82, 2.24) is 0 Å². The van der Waals surface area contributed by atoms with Gasteiger partial charge in [0.2, 0.25) is 0 Å². The number of benzene rings is 3. The van der Waals surface area contributed by atoms with Gasteiger partial charge in [0, 0.05) is 12.1 Å². The van der Waals surface area contributed by atoms with E-state index in [0.717, 1.165) is 22.4 Å². The molecule has 0 bridgehead atoms. The Balaban J connectivity index is 1.59. The van der Waals surface area contributed by atoms with Crippen molar-refractivity contribution in [2.45, 2.75) is 26.3 Å². The predicted octanol–water partition coefficient (Wildman–Crippen LogP) is 4.88. The second-order valence-electron chi connectivity index (χ2n) is 6.39. The highest BCUT2D eigenvalue weighted by Crippen LogP contribution is 2.27. The predicted molar refractivity (Wildman–Crippen MR) is 103 cm³/mol. The molecule has 0 saturated heterocycles. The lowest BCUT2D eigenvalue weighted by Gasteiger charge is -2.14. The summed E-state index contributed by atoms with van der Waals surface area (Å²) in [6.07, 6.45) is 0. The van der Waals surface area contributed by atoms with E-state index in [4.69, 9.17) is 15.2 Å². The molecule has 0 spiro atoms. The van der Waals surface area contributed by atoms with Crippen LogP contribution in [0.3, 0.4) is 0 Å². The molecular weight excluding hydrogens is 310 g/mol. The van der Waals surface area contributed by atoms with Gasteiger partial charge in [-0.1, -0.05) is 56.3 Å². The van der Waals surface area contributed by atoms with Crippen LogP contribution in [-0.2, 0) is 6.54 Å². The fraction of sp³-hybridized carbons (Fsp3) is 0.273. The van der Waals surface area contributed by atoms with Crippen LogP contribution in [0.5, 0.6) is 11.5 Å². The minimum Gasteiger partial charge on any atom is -0.490 e. The molecule has 0 fully saturated rings. The first kappa shape index (κ1) is 17.3. The van der Waals surface area contributed by atoms with Crippen LogP contribution >= 0.6 is 0 Å². The number of fused-ring (bicyclic) bond motifs is 1. The van der Waals surface area contributed by atoms with Gasteiger partial charge < -0.3 is 15.2 Å². The van der Waals surface area contributed by atoms with E-state index >= 15 is 0 Å². The Kier molecular flexibility index (Phi) is 5.56. The SMILES string of the molecule is CC(C)c1ccc(OCCOc2ccc3ccccc3c2CN)cc1. The summed E-state index contributed by atoms with van der Waals surface area (Å²) in [5, 5.41) is 2.32. The first-order chi connectivity index (χ1) is 12.2. The molecule has 3 nitrogen and oxygen atoms in total. The Morgan fingerprint density at radius 2 is 1.56 bits per heavy atom. The molecule has 0 saturated carbocycles. The maximum Gasteiger partial charge on any atom is 0.124 e. The molecule has 0 radical (unpaired) electrons. The lowest BCUT2D eigenvalue weighted by Crippen LogP contribution is -2.11. The smallest absolute Gasteiger partial charge is 0.124 e. The zero-order chi connectivity index (χ0) is 17.6. The fourth-order valence-corrected chi connectivity index (χ4v) is 2.92. The quantitative estimate of drug-likeness (QED) is 0.626. The summed E-state index contributed by atoms with van der Waals surface area (Å²) >= 11 is 0. The van der Waals surface area contributed by atoms with E-state index in [-0.39, 0.29) is 0 Å². The molecule has 3 aromatic carbocycles. The Morgan fingerprint density at radius 3 is 2.28 bits per heavy atom. The molecule has 0 amide bonds. The maximum absolute atomic E-state index is 5.94. The van der Waals surface area contributed by atoms with Gasteiger partial charge in [0.05, 0.1) is 0 Å². The fourth-order valence-electron chi connectivity index (χ4n) is 2.92. The second-order valence-corrected chi connectivity index (χ2v) is 6.39. The van der Waals surface area contributed by atoms with Crippen LogP contribution in [0.4, 0.5) is 0 Å². The summed E-state index contributed by atoms with van der Waals surface area (Å²) in [5.41, 5.74) is 8.29. The van der Waals surface area contributed by atoms with Crippen LogP contribution in [0.2, 0.25) is 0 Å². The molecule has 0 aliphatic rings. The van der Waals surface area contributed by atoms with Crippen molar-refractivity contribution < 1.29 is 9.47 Å². The molecule has 0 atom stereocenters. The number of hydrogen-bond acceptors (Lipinski definition) is 3. The van der Waals surface area contributed by atoms with Crippen LogP contribution in [0, 0.1) is 0 Å². The molecule has 3 aromatic rings. The highest BCUT2D eigenvalue weighted by molar-refractivity contribution is 5.87. The van der Waals surface area contributed by atoms with Gasteiger partial charge in [0.25, 0.3) is 0 Å². The number of nitrogens with two attached hydrogens (primary N) is 1. The zero-order valence-corrected chi connectivity index (χ0v) is 14.9. The zero-order valence-electron chi connectivity index (χ0n) is 14.9. The maximum atomic E-state index is 5.94. The molecular formula is C22H25NO2. The van der Waals surface area contributed by atoms with Gasteiger partial charge in [0.1, 0.15) is 24.7 Å². The van der Waals surface area contributed by atoms with Crippen molar-refractivity contribution in [3.8, 4) is 11.5 Å². The summed E-state index contributed by atoms with van der Waals surface area (Å²) in [6.45, 7) is 5.80. The van der Waals surface area contributed by atoms with Gasteiger partial charge in [-0.05, 0) is 40.5 Å². The number of hydrogen-bond donors (Lipinski definition) is 1. The molecule has 2 N–H and O–H groups in total. The van der Waals surface area contributed by atoms with Gasteiger partial charge >= 0.3 is 0 Å². The van der Waals surface area contributed by atoms with E-state index in [1.807, 2.05) is 30.3 Å². The Bertz CT molecular complexity index is 825. The van der Waals surface area contributed by atoms with E-state index in [1.165, 1.54) is 10.9 Å². The highest BCUT2D eigenvalue weighted by Gasteiger charge is 2.07. The largest absolute Gasteiger partial charge is 0.490 e. The van der Waals surface area contributed by atoms with Gasteiger partial charge in [0.15, 0.2) is 0 Å². The lowest BCUT2D eigenvalue weighted by atomic mass is 10.0. The topological polar surface area (TPSA) is 44.5 Å².